The van der Waals surface area contributed by atoms with Crippen LogP contribution in [0.5, 0.6) is 0 Å². The van der Waals surface area contributed by atoms with Gasteiger partial charge in [0.05, 0.1) is 0 Å². The number of carbonyl (C=O) groups is 1. The number of anilines is 3. The van der Waals surface area contributed by atoms with Crippen molar-refractivity contribution in [2.75, 3.05) is 43.0 Å². The fourth-order valence-electron chi connectivity index (χ4n) is 3.69. The SMILES string of the molecule is Cc1cccc(N2CCN(C(=O)c3ccnc(N(C)c4ccccc4)c3)CC2)c1. The number of aryl methyl sites for hydroxylation is 1. The minimum Gasteiger partial charge on any atom is -0.368 e. The fraction of sp³-hybridized carbons (Fsp3) is 0.250. The summed E-state index contributed by atoms with van der Waals surface area (Å²) in [7, 11) is 1.96. The summed E-state index contributed by atoms with van der Waals surface area (Å²) in [5.41, 5.74) is 4.21. The number of hydrogen-bond donors (Lipinski definition) is 0. The van der Waals surface area contributed by atoms with Crippen LogP contribution in [0.2, 0.25) is 0 Å². The van der Waals surface area contributed by atoms with Crippen LogP contribution in [0.3, 0.4) is 0 Å². The number of para-hydroxylation sites is 1. The van der Waals surface area contributed by atoms with Crippen molar-refractivity contribution in [3.05, 3.63) is 84.1 Å². The molecule has 1 aliphatic rings. The van der Waals surface area contributed by atoms with Crippen molar-refractivity contribution in [3.8, 4) is 0 Å². The molecular weight excluding hydrogens is 360 g/mol. The van der Waals surface area contributed by atoms with E-state index in [1.807, 2.05) is 53.2 Å². The number of benzene rings is 2. The fourth-order valence-corrected chi connectivity index (χ4v) is 3.69. The molecule has 5 nitrogen and oxygen atoms in total. The third kappa shape index (κ3) is 4.24. The maximum Gasteiger partial charge on any atom is 0.254 e. The third-order valence-corrected chi connectivity index (χ3v) is 5.41. The van der Waals surface area contributed by atoms with Crippen LogP contribution in [-0.4, -0.2) is 49.0 Å². The second kappa shape index (κ2) is 8.35. The molecule has 148 valence electrons. The number of nitrogens with zero attached hydrogens (tertiary/aromatic N) is 4. The molecule has 1 aliphatic heterocycles. The molecule has 0 aliphatic carbocycles. The summed E-state index contributed by atoms with van der Waals surface area (Å²) >= 11 is 0. The van der Waals surface area contributed by atoms with Gasteiger partial charge in [0.2, 0.25) is 0 Å². The maximum atomic E-state index is 13.1. The molecule has 1 fully saturated rings. The Balaban J connectivity index is 1.44. The minimum atomic E-state index is 0.0685. The topological polar surface area (TPSA) is 39.7 Å². The van der Waals surface area contributed by atoms with Gasteiger partial charge in [-0.25, -0.2) is 4.98 Å². The van der Waals surface area contributed by atoms with E-state index in [0.717, 1.165) is 37.7 Å². The second-order valence-electron chi connectivity index (χ2n) is 7.42. The van der Waals surface area contributed by atoms with Crippen LogP contribution in [0.1, 0.15) is 15.9 Å². The van der Waals surface area contributed by atoms with Crippen LogP contribution in [-0.2, 0) is 0 Å². The number of rotatable bonds is 4. The molecule has 0 N–H and O–H groups in total. The first-order valence-electron chi connectivity index (χ1n) is 9.97. The Morgan fingerprint density at radius 1 is 0.931 bits per heavy atom. The van der Waals surface area contributed by atoms with E-state index < -0.39 is 0 Å². The Labute approximate surface area is 172 Å². The van der Waals surface area contributed by atoms with Crippen molar-refractivity contribution >= 4 is 23.1 Å². The minimum absolute atomic E-state index is 0.0685. The van der Waals surface area contributed by atoms with Gasteiger partial charge >= 0.3 is 0 Å². The first kappa shape index (κ1) is 19.0. The van der Waals surface area contributed by atoms with Gasteiger partial charge in [0.25, 0.3) is 5.91 Å². The van der Waals surface area contributed by atoms with E-state index in [1.54, 1.807) is 12.3 Å². The first-order chi connectivity index (χ1) is 14.1. The molecule has 0 atom stereocenters. The predicted octanol–water partition coefficient (Wildman–Crippen LogP) is 4.12. The van der Waals surface area contributed by atoms with Crippen LogP contribution in [0.25, 0.3) is 0 Å². The lowest BCUT2D eigenvalue weighted by Gasteiger charge is -2.36. The first-order valence-corrected chi connectivity index (χ1v) is 9.97. The molecule has 0 saturated carbocycles. The van der Waals surface area contributed by atoms with Crippen LogP contribution >= 0.6 is 0 Å². The zero-order valence-electron chi connectivity index (χ0n) is 17.0. The van der Waals surface area contributed by atoms with Gasteiger partial charge in [-0.1, -0.05) is 30.3 Å². The van der Waals surface area contributed by atoms with Gasteiger partial charge in [0.1, 0.15) is 5.82 Å². The number of piperazine rings is 1. The van der Waals surface area contributed by atoms with Crippen LogP contribution in [0.15, 0.2) is 72.9 Å². The molecule has 1 amide bonds. The average molecular weight is 386 g/mol. The molecule has 2 aromatic carbocycles. The molecular formula is C24H26N4O. The van der Waals surface area contributed by atoms with Gasteiger partial charge in [-0.3, -0.25) is 4.79 Å². The van der Waals surface area contributed by atoms with Crippen molar-refractivity contribution in [2.45, 2.75) is 6.92 Å². The number of carbonyl (C=O) groups excluding carboxylic acids is 1. The third-order valence-electron chi connectivity index (χ3n) is 5.41. The smallest absolute Gasteiger partial charge is 0.254 e. The molecule has 1 aromatic heterocycles. The summed E-state index contributed by atoms with van der Waals surface area (Å²) in [6, 6.07) is 22.2. The van der Waals surface area contributed by atoms with Crippen molar-refractivity contribution in [1.29, 1.82) is 0 Å². The van der Waals surface area contributed by atoms with E-state index in [1.165, 1.54) is 11.3 Å². The summed E-state index contributed by atoms with van der Waals surface area (Å²) < 4.78 is 0. The van der Waals surface area contributed by atoms with Gasteiger partial charge in [-0.15, -0.1) is 0 Å². The predicted molar refractivity (Wildman–Crippen MR) is 118 cm³/mol. The summed E-state index contributed by atoms with van der Waals surface area (Å²) in [4.78, 5) is 23.8. The Morgan fingerprint density at radius 2 is 1.69 bits per heavy atom. The molecule has 0 bridgehead atoms. The molecule has 5 heteroatoms. The number of pyridine rings is 1. The zero-order valence-corrected chi connectivity index (χ0v) is 17.0. The van der Waals surface area contributed by atoms with E-state index in [-0.39, 0.29) is 5.91 Å². The molecule has 2 heterocycles. The van der Waals surface area contributed by atoms with E-state index in [2.05, 4.69) is 41.1 Å². The summed E-state index contributed by atoms with van der Waals surface area (Å²) in [6.07, 6.45) is 1.71. The molecule has 0 radical (unpaired) electrons. The lowest BCUT2D eigenvalue weighted by atomic mass is 10.1. The Hall–Kier alpha value is -3.34. The normalized spacial score (nSPS) is 14.0. The molecule has 4 rings (SSSR count). The lowest BCUT2D eigenvalue weighted by Crippen LogP contribution is -2.48. The van der Waals surface area contributed by atoms with Crippen molar-refractivity contribution < 1.29 is 4.79 Å². The Morgan fingerprint density at radius 3 is 2.41 bits per heavy atom. The quantitative estimate of drug-likeness (QED) is 0.676. The highest BCUT2D eigenvalue weighted by Crippen LogP contribution is 2.23. The molecule has 1 saturated heterocycles. The number of aromatic nitrogens is 1. The van der Waals surface area contributed by atoms with Crippen LogP contribution < -0.4 is 9.80 Å². The molecule has 0 unspecified atom stereocenters. The summed E-state index contributed by atoms with van der Waals surface area (Å²) in [5, 5.41) is 0. The van der Waals surface area contributed by atoms with Crippen LogP contribution in [0.4, 0.5) is 17.2 Å². The van der Waals surface area contributed by atoms with E-state index in [0.29, 0.717) is 5.56 Å². The lowest BCUT2D eigenvalue weighted by molar-refractivity contribution is 0.0746. The largest absolute Gasteiger partial charge is 0.368 e. The molecule has 0 spiro atoms. The number of amides is 1. The van der Waals surface area contributed by atoms with Crippen LogP contribution in [0, 0.1) is 6.92 Å². The average Bonchev–Trinajstić information content (AvgIpc) is 2.79. The van der Waals surface area contributed by atoms with Gasteiger partial charge in [-0.2, -0.15) is 0 Å². The van der Waals surface area contributed by atoms with E-state index in [4.69, 9.17) is 0 Å². The van der Waals surface area contributed by atoms with E-state index >= 15 is 0 Å². The van der Waals surface area contributed by atoms with Gasteiger partial charge in [-0.05, 0) is 48.9 Å². The monoisotopic (exact) mass is 386 g/mol. The summed E-state index contributed by atoms with van der Waals surface area (Å²) in [6.45, 7) is 5.24. The van der Waals surface area contributed by atoms with Crippen molar-refractivity contribution in [3.63, 3.8) is 0 Å². The number of hydrogen-bond acceptors (Lipinski definition) is 4. The van der Waals surface area contributed by atoms with Crippen molar-refractivity contribution in [2.24, 2.45) is 0 Å². The highest BCUT2D eigenvalue weighted by atomic mass is 16.2. The van der Waals surface area contributed by atoms with E-state index in [9.17, 15) is 4.79 Å². The molecule has 3 aromatic rings. The Bertz CT molecular complexity index is 981. The van der Waals surface area contributed by atoms with Gasteiger partial charge in [0, 0.05) is 56.4 Å². The second-order valence-corrected chi connectivity index (χ2v) is 7.42. The highest BCUT2D eigenvalue weighted by Gasteiger charge is 2.23. The molecule has 29 heavy (non-hydrogen) atoms. The Kier molecular flexibility index (Phi) is 5.47. The summed E-state index contributed by atoms with van der Waals surface area (Å²) in [5.74, 6) is 0.833. The van der Waals surface area contributed by atoms with Gasteiger partial charge in [0.15, 0.2) is 0 Å². The van der Waals surface area contributed by atoms with Gasteiger partial charge < -0.3 is 14.7 Å². The zero-order chi connectivity index (χ0) is 20.2. The van der Waals surface area contributed by atoms with Crippen molar-refractivity contribution in [1.82, 2.24) is 9.88 Å². The maximum absolute atomic E-state index is 13.1. The highest BCUT2D eigenvalue weighted by molar-refractivity contribution is 5.95. The standard InChI is InChI=1S/C24H26N4O/c1-19-7-6-10-22(17-19)27-13-15-28(16-14-27)24(29)20-11-12-25-23(18-20)26(2)21-8-4-3-5-9-21/h3-12,17-18H,13-16H2,1-2H3.